The van der Waals surface area contributed by atoms with Crippen LogP contribution >= 0.6 is 15.8 Å². The quantitative estimate of drug-likeness (QED) is 0.150. The van der Waals surface area contributed by atoms with Crippen LogP contribution in [0.1, 0.15) is 0 Å². The maximum Gasteiger partial charge on any atom is 2.00 e. The first-order chi connectivity index (χ1) is 16.8. The van der Waals surface area contributed by atoms with Crippen molar-refractivity contribution in [1.29, 1.82) is 0 Å². The van der Waals surface area contributed by atoms with Gasteiger partial charge in [0.25, 0.3) is 0 Å². The first-order valence-electron chi connectivity index (χ1n) is 11.3. The van der Waals surface area contributed by atoms with Gasteiger partial charge in [0, 0.05) is 0 Å². The Labute approximate surface area is 225 Å². The third kappa shape index (κ3) is 9.86. The summed E-state index contributed by atoms with van der Waals surface area (Å²) in [5.74, 6) is 1.00. The molecule has 0 aliphatic rings. The zero-order valence-electron chi connectivity index (χ0n) is 19.6. The van der Waals surface area contributed by atoms with Gasteiger partial charge in [0.15, 0.2) is 0 Å². The molecule has 35 heavy (non-hydrogen) atoms. The molecular formula is C29H28BNOP2Ru. The molecule has 0 aliphatic carbocycles. The number of rotatable bonds is 10. The van der Waals surface area contributed by atoms with Crippen molar-refractivity contribution in [1.82, 2.24) is 0 Å². The predicted octanol–water partition coefficient (Wildman–Crippen LogP) is 4.85. The first kappa shape index (κ1) is 29.2. The van der Waals surface area contributed by atoms with E-state index in [1.165, 1.54) is 21.2 Å². The van der Waals surface area contributed by atoms with Crippen LogP contribution in [0.15, 0.2) is 121 Å². The van der Waals surface area contributed by atoms with Gasteiger partial charge in [0.1, 0.15) is 0 Å². The smallest absolute Gasteiger partial charge is 0.662 e. The summed E-state index contributed by atoms with van der Waals surface area (Å²) in [5.41, 5.74) is 0. The maximum absolute atomic E-state index is 8.46. The van der Waals surface area contributed by atoms with Gasteiger partial charge in [-0.2, -0.15) is 0 Å². The molecule has 0 N–H and O–H groups in total. The molecule has 4 aromatic carbocycles. The summed E-state index contributed by atoms with van der Waals surface area (Å²) in [6, 6.07) is 43.7. The monoisotopic (exact) mass is 581 g/mol. The Hall–Kier alpha value is -2.03. The Morgan fingerprint density at radius 2 is 0.771 bits per heavy atom. The normalized spacial score (nSPS) is 10.1. The minimum atomic E-state index is -0.359. The largest absolute Gasteiger partial charge is 2.00 e. The van der Waals surface area contributed by atoms with Gasteiger partial charge in [-0.15, -0.1) is 13.1 Å². The summed E-state index contributed by atoms with van der Waals surface area (Å²) in [6.07, 6.45) is 2.22. The summed E-state index contributed by atoms with van der Waals surface area (Å²) in [7, 11) is 3.32. The van der Waals surface area contributed by atoms with E-state index in [2.05, 4.69) is 129 Å². The molecule has 0 saturated heterocycles. The average molecular weight is 580 g/mol. The Morgan fingerprint density at radius 1 is 0.543 bits per heavy atom. The summed E-state index contributed by atoms with van der Waals surface area (Å²) < 4.78 is 0. The van der Waals surface area contributed by atoms with Gasteiger partial charge in [0.2, 0.25) is 0 Å². The summed E-state index contributed by atoms with van der Waals surface area (Å²) >= 11 is 0. The molecule has 0 aliphatic heterocycles. The van der Waals surface area contributed by atoms with Crippen molar-refractivity contribution in [3.05, 3.63) is 127 Å². The van der Waals surface area contributed by atoms with E-state index >= 15 is 0 Å². The van der Waals surface area contributed by atoms with Crippen LogP contribution in [0.3, 0.4) is 0 Å². The number of carbonyl (C=O) groups excluding carboxylic acids is 1. The molecule has 6 heteroatoms. The second kappa shape index (κ2) is 17.4. The summed E-state index contributed by atoms with van der Waals surface area (Å²) in [4.78, 5) is 8.46. The fourth-order valence-corrected chi connectivity index (χ4v) is 8.14. The third-order valence-electron chi connectivity index (χ3n) is 5.23. The number of hydrogen-bond donors (Lipinski definition) is 0. The first-order valence-corrected chi connectivity index (χ1v) is 14.3. The number of nitrogens with zero attached hydrogens (tertiary/aromatic N) is 1. The molecule has 0 fully saturated rings. The molecule has 2 radical (unpaired) electrons. The molecule has 4 rings (SSSR count). The topological polar surface area (TPSA) is 31.2 Å². The standard InChI is InChI=1S/C28H28NP2.CBO.Ru/c1-5-13-25(14-6-1)30(26-15-7-2-8-16-26)23-21-29-22-24-31(27-17-9-3-10-18-27)28-19-11-4-12-20-28;2-1-3;/h1-20H,21-24H2;;/q2*-1;+2. The van der Waals surface area contributed by atoms with Crippen molar-refractivity contribution < 1.29 is 24.3 Å². The minimum Gasteiger partial charge on any atom is -0.662 e. The molecule has 2 nitrogen and oxygen atoms in total. The van der Waals surface area contributed by atoms with Gasteiger partial charge in [-0.25, -0.2) is 5.83 Å². The van der Waals surface area contributed by atoms with Gasteiger partial charge in [0.05, 0.1) is 0 Å². The molecule has 0 heterocycles. The van der Waals surface area contributed by atoms with Crippen LogP contribution in [0, 0.1) is 0 Å². The van der Waals surface area contributed by atoms with E-state index in [9.17, 15) is 0 Å². The molecule has 4 aromatic rings. The van der Waals surface area contributed by atoms with Crippen LogP contribution in [0.5, 0.6) is 0 Å². The van der Waals surface area contributed by atoms with Crippen molar-refractivity contribution in [2.45, 2.75) is 0 Å². The van der Waals surface area contributed by atoms with Crippen molar-refractivity contribution in [3.8, 4) is 0 Å². The predicted molar refractivity (Wildman–Crippen MR) is 152 cm³/mol. The second-order valence-corrected chi connectivity index (χ2v) is 12.1. The third-order valence-corrected chi connectivity index (χ3v) is 10.2. The Balaban J connectivity index is 0.00000103. The summed E-state index contributed by atoms with van der Waals surface area (Å²) in [5, 5.41) is 10.7. The van der Waals surface area contributed by atoms with Crippen LogP contribution < -0.4 is 21.2 Å². The molecule has 0 saturated carbocycles. The number of hydrogen-bond acceptors (Lipinski definition) is 1. The summed E-state index contributed by atoms with van der Waals surface area (Å²) in [6.45, 7) is 1.84. The molecule has 0 amide bonds. The zero-order valence-corrected chi connectivity index (χ0v) is 23.1. The SMILES string of the molecule is [B-]=C=O.[Ru+2].c1ccc(P(CC[N-]CCP(c2ccccc2)c2ccccc2)c2ccccc2)cc1. The van der Waals surface area contributed by atoms with E-state index < -0.39 is 0 Å². The molecule has 0 unspecified atom stereocenters. The van der Waals surface area contributed by atoms with E-state index in [-0.39, 0.29) is 35.3 Å². The van der Waals surface area contributed by atoms with Crippen molar-refractivity contribution in [2.75, 3.05) is 25.4 Å². The van der Waals surface area contributed by atoms with Gasteiger partial charge in [-0.3, -0.25) is 4.79 Å². The fraction of sp³-hybridized carbons (Fsp3) is 0.138. The Bertz CT molecular complexity index is 949. The average Bonchev–Trinajstić information content (AvgIpc) is 2.91. The molecule has 176 valence electrons. The molecule has 0 atom stereocenters. The Kier molecular flexibility index (Phi) is 14.5. The van der Waals surface area contributed by atoms with Gasteiger partial charge in [-0.05, 0) is 49.4 Å². The maximum atomic E-state index is 8.46. The second-order valence-electron chi connectivity index (χ2n) is 7.43. The molecule has 0 spiro atoms. The van der Waals surface area contributed by atoms with Crippen LogP contribution in [0.2, 0.25) is 0 Å². The number of benzene rings is 4. The van der Waals surface area contributed by atoms with E-state index in [1.807, 2.05) is 0 Å². The molecule has 0 aromatic heterocycles. The van der Waals surface area contributed by atoms with Crippen LogP contribution in [0.25, 0.3) is 5.32 Å². The van der Waals surface area contributed by atoms with E-state index in [0.717, 1.165) is 31.2 Å². The van der Waals surface area contributed by atoms with Crippen molar-refractivity contribution >= 4 is 50.4 Å². The van der Waals surface area contributed by atoms with E-state index in [1.54, 1.807) is 0 Å². The van der Waals surface area contributed by atoms with Crippen LogP contribution in [-0.4, -0.2) is 38.7 Å². The van der Waals surface area contributed by atoms with Gasteiger partial charge < -0.3 is 12.8 Å². The van der Waals surface area contributed by atoms with Gasteiger partial charge >= 0.3 is 19.5 Å². The zero-order chi connectivity index (χ0) is 23.8. The van der Waals surface area contributed by atoms with E-state index in [0.29, 0.717) is 0 Å². The van der Waals surface area contributed by atoms with Crippen LogP contribution in [-0.2, 0) is 24.3 Å². The van der Waals surface area contributed by atoms with Crippen molar-refractivity contribution in [3.63, 3.8) is 0 Å². The van der Waals surface area contributed by atoms with E-state index in [4.69, 9.17) is 10.1 Å². The minimum absolute atomic E-state index is 0. The molecular weight excluding hydrogens is 552 g/mol. The Morgan fingerprint density at radius 3 is 1.00 bits per heavy atom. The fourth-order valence-electron chi connectivity index (χ4n) is 3.70. The van der Waals surface area contributed by atoms with Crippen molar-refractivity contribution in [2.24, 2.45) is 0 Å². The van der Waals surface area contributed by atoms with Crippen LogP contribution in [0.4, 0.5) is 0 Å². The molecule has 0 bridgehead atoms. The van der Waals surface area contributed by atoms with Gasteiger partial charge in [-0.1, -0.05) is 121 Å².